The normalized spacial score (nSPS) is 17.6. The molecule has 2 aromatic carbocycles. The van der Waals surface area contributed by atoms with Crippen molar-refractivity contribution in [3.05, 3.63) is 60.4 Å². The number of fused-ring (bicyclic) bond motifs is 1. The molecule has 1 unspecified atom stereocenters. The zero-order valence-corrected chi connectivity index (χ0v) is 15.5. The van der Waals surface area contributed by atoms with Gasteiger partial charge in [-0.15, -0.1) is 0 Å². The van der Waals surface area contributed by atoms with E-state index in [9.17, 15) is 4.79 Å². The van der Waals surface area contributed by atoms with Crippen molar-refractivity contribution in [3.8, 4) is 0 Å². The van der Waals surface area contributed by atoms with E-state index < -0.39 is 0 Å². The second-order valence-corrected chi connectivity index (χ2v) is 7.60. The lowest BCUT2D eigenvalue weighted by molar-refractivity contribution is -0.681. The van der Waals surface area contributed by atoms with E-state index in [0.717, 1.165) is 30.7 Å². The van der Waals surface area contributed by atoms with Crippen molar-refractivity contribution in [2.75, 3.05) is 11.4 Å². The summed E-state index contributed by atoms with van der Waals surface area (Å²) in [6.45, 7) is 6.22. The van der Waals surface area contributed by atoms with Gasteiger partial charge >= 0.3 is 0 Å². The first-order valence-electron chi connectivity index (χ1n) is 9.49. The Hall–Kier alpha value is -2.62. The first-order chi connectivity index (χ1) is 12.6. The summed E-state index contributed by atoms with van der Waals surface area (Å²) < 4.78 is 2.39. The lowest BCUT2D eigenvalue weighted by Gasteiger charge is -2.15. The summed E-state index contributed by atoms with van der Waals surface area (Å²) in [5, 5.41) is 0. The summed E-state index contributed by atoms with van der Waals surface area (Å²) in [5.74, 6) is 2.23. The fourth-order valence-electron chi connectivity index (χ4n) is 3.85. The second kappa shape index (κ2) is 6.94. The van der Waals surface area contributed by atoms with Crippen molar-refractivity contribution in [2.45, 2.75) is 39.2 Å². The standard InChI is InChI=1S/C22H25N3O/c1-16(2)12-13-24-20-11-7-6-10-19(20)23-22(24)17-14-21(26)25(15-17)18-8-4-3-5-9-18/h3-11,16-17H,12-15H2,1-2H3/p+1. The maximum atomic E-state index is 12.7. The number of rotatable bonds is 5. The number of H-pyrrole nitrogens is 1. The molecule has 4 heteroatoms. The van der Waals surface area contributed by atoms with E-state index >= 15 is 0 Å². The molecule has 134 valence electrons. The quantitative estimate of drug-likeness (QED) is 0.695. The van der Waals surface area contributed by atoms with Crippen LogP contribution in [0.25, 0.3) is 11.0 Å². The molecule has 1 atom stereocenters. The van der Waals surface area contributed by atoms with Gasteiger partial charge < -0.3 is 4.90 Å². The van der Waals surface area contributed by atoms with E-state index in [0.29, 0.717) is 12.3 Å². The number of nitrogens with zero attached hydrogens (tertiary/aromatic N) is 2. The van der Waals surface area contributed by atoms with E-state index in [1.165, 1.54) is 11.3 Å². The van der Waals surface area contributed by atoms with Crippen LogP contribution in [0.3, 0.4) is 0 Å². The van der Waals surface area contributed by atoms with Crippen LogP contribution in [0.2, 0.25) is 0 Å². The van der Waals surface area contributed by atoms with Gasteiger partial charge in [-0.05, 0) is 36.6 Å². The molecule has 1 fully saturated rings. The molecule has 1 N–H and O–H groups in total. The average Bonchev–Trinajstić information content (AvgIpc) is 3.21. The Kier molecular flexibility index (Phi) is 4.49. The lowest BCUT2D eigenvalue weighted by atomic mass is 10.1. The number of para-hydroxylation sites is 3. The first-order valence-corrected chi connectivity index (χ1v) is 9.49. The predicted molar refractivity (Wildman–Crippen MR) is 104 cm³/mol. The molecule has 0 bridgehead atoms. The van der Waals surface area contributed by atoms with Gasteiger partial charge in [0.05, 0.1) is 12.5 Å². The smallest absolute Gasteiger partial charge is 0.260 e. The summed E-state index contributed by atoms with van der Waals surface area (Å²) in [6, 6.07) is 18.4. The van der Waals surface area contributed by atoms with Gasteiger partial charge in [-0.25, -0.2) is 9.55 Å². The Morgan fingerprint density at radius 3 is 2.62 bits per heavy atom. The fourth-order valence-corrected chi connectivity index (χ4v) is 3.85. The molecule has 1 aliphatic heterocycles. The van der Waals surface area contributed by atoms with Crippen molar-refractivity contribution in [1.82, 2.24) is 4.98 Å². The van der Waals surface area contributed by atoms with Crippen molar-refractivity contribution < 1.29 is 9.36 Å². The van der Waals surface area contributed by atoms with Crippen LogP contribution < -0.4 is 9.47 Å². The Labute approximate surface area is 154 Å². The monoisotopic (exact) mass is 348 g/mol. The molecular weight excluding hydrogens is 322 g/mol. The number of amides is 1. The zero-order chi connectivity index (χ0) is 18.1. The molecule has 0 spiro atoms. The highest BCUT2D eigenvalue weighted by atomic mass is 16.2. The highest BCUT2D eigenvalue weighted by Gasteiger charge is 2.38. The van der Waals surface area contributed by atoms with Gasteiger partial charge in [-0.1, -0.05) is 44.2 Å². The summed E-state index contributed by atoms with van der Waals surface area (Å²) in [5.41, 5.74) is 3.37. The maximum absolute atomic E-state index is 12.7. The van der Waals surface area contributed by atoms with E-state index in [4.69, 9.17) is 0 Å². The van der Waals surface area contributed by atoms with Crippen molar-refractivity contribution in [1.29, 1.82) is 0 Å². The number of carbonyl (C=O) groups is 1. The number of aryl methyl sites for hydroxylation is 1. The lowest BCUT2D eigenvalue weighted by Crippen LogP contribution is -2.39. The van der Waals surface area contributed by atoms with E-state index in [1.54, 1.807) is 0 Å². The molecule has 1 saturated heterocycles. The Balaban J connectivity index is 1.68. The number of nitrogens with one attached hydrogen (secondary N) is 1. The van der Waals surface area contributed by atoms with Gasteiger partial charge in [0.2, 0.25) is 5.91 Å². The molecule has 4 rings (SSSR count). The average molecular weight is 348 g/mol. The molecule has 1 aromatic heterocycles. The Morgan fingerprint density at radius 1 is 1.12 bits per heavy atom. The summed E-state index contributed by atoms with van der Waals surface area (Å²) in [7, 11) is 0. The third-order valence-corrected chi connectivity index (χ3v) is 5.26. The summed E-state index contributed by atoms with van der Waals surface area (Å²) in [4.78, 5) is 18.2. The van der Waals surface area contributed by atoms with E-state index in [2.05, 4.69) is 47.7 Å². The number of benzene rings is 2. The molecule has 26 heavy (non-hydrogen) atoms. The number of carbonyl (C=O) groups excluding carboxylic acids is 1. The Morgan fingerprint density at radius 2 is 1.85 bits per heavy atom. The number of hydrogen-bond donors (Lipinski definition) is 1. The molecule has 2 heterocycles. The van der Waals surface area contributed by atoms with Gasteiger partial charge in [-0.3, -0.25) is 4.79 Å². The highest BCUT2D eigenvalue weighted by Crippen LogP contribution is 2.30. The SMILES string of the molecule is CC(C)CC[n+]1c(C2CC(=O)N(c3ccccc3)C2)[nH]c2ccccc21. The minimum atomic E-state index is 0.197. The van der Waals surface area contributed by atoms with Crippen LogP contribution >= 0.6 is 0 Å². The van der Waals surface area contributed by atoms with Gasteiger partial charge in [0.1, 0.15) is 0 Å². The molecule has 3 aromatic rings. The molecule has 0 aliphatic carbocycles. The molecule has 1 amide bonds. The number of imidazole rings is 1. The van der Waals surface area contributed by atoms with Gasteiger partial charge in [0, 0.05) is 18.7 Å². The largest absolute Gasteiger partial charge is 0.311 e. The second-order valence-electron chi connectivity index (χ2n) is 7.60. The minimum Gasteiger partial charge on any atom is -0.311 e. The van der Waals surface area contributed by atoms with Crippen molar-refractivity contribution >= 4 is 22.6 Å². The van der Waals surface area contributed by atoms with Gasteiger partial charge in [0.25, 0.3) is 5.82 Å². The van der Waals surface area contributed by atoms with Crippen LogP contribution in [0.1, 0.15) is 38.4 Å². The Bertz CT molecular complexity index is 914. The van der Waals surface area contributed by atoms with Crippen LogP contribution in [0.4, 0.5) is 5.69 Å². The van der Waals surface area contributed by atoms with E-state index in [1.807, 2.05) is 35.2 Å². The third-order valence-electron chi connectivity index (χ3n) is 5.26. The van der Waals surface area contributed by atoms with Gasteiger partial charge in [-0.2, -0.15) is 0 Å². The molecule has 1 aliphatic rings. The number of aromatic nitrogens is 2. The maximum Gasteiger partial charge on any atom is 0.260 e. The molecule has 0 radical (unpaired) electrons. The minimum absolute atomic E-state index is 0.197. The van der Waals surface area contributed by atoms with Gasteiger partial charge in [0.15, 0.2) is 11.0 Å². The van der Waals surface area contributed by atoms with Crippen LogP contribution in [-0.4, -0.2) is 17.4 Å². The number of hydrogen-bond acceptors (Lipinski definition) is 1. The zero-order valence-electron chi connectivity index (χ0n) is 15.5. The summed E-state index contributed by atoms with van der Waals surface area (Å²) in [6.07, 6.45) is 1.69. The topological polar surface area (TPSA) is 40.0 Å². The van der Waals surface area contributed by atoms with E-state index in [-0.39, 0.29) is 11.8 Å². The van der Waals surface area contributed by atoms with Crippen molar-refractivity contribution in [3.63, 3.8) is 0 Å². The highest BCUT2D eigenvalue weighted by molar-refractivity contribution is 5.96. The fraction of sp³-hybridized carbons (Fsp3) is 0.364. The van der Waals surface area contributed by atoms with Crippen LogP contribution in [0.5, 0.6) is 0 Å². The predicted octanol–water partition coefficient (Wildman–Crippen LogP) is 4.02. The van der Waals surface area contributed by atoms with Crippen LogP contribution in [0.15, 0.2) is 54.6 Å². The third kappa shape index (κ3) is 3.12. The first kappa shape index (κ1) is 16.8. The number of anilines is 1. The molecule has 0 saturated carbocycles. The molecule has 4 nitrogen and oxygen atoms in total. The summed E-state index contributed by atoms with van der Waals surface area (Å²) >= 11 is 0. The van der Waals surface area contributed by atoms with Crippen molar-refractivity contribution in [2.24, 2.45) is 5.92 Å². The molecular formula is C22H26N3O+. The number of aromatic amines is 1. The van der Waals surface area contributed by atoms with Crippen LogP contribution in [-0.2, 0) is 11.3 Å². The van der Waals surface area contributed by atoms with Crippen LogP contribution in [0, 0.1) is 5.92 Å².